The van der Waals surface area contributed by atoms with E-state index in [-0.39, 0.29) is 18.3 Å². The molecule has 0 saturated heterocycles. The van der Waals surface area contributed by atoms with Gasteiger partial charge >= 0.3 is 0 Å². The van der Waals surface area contributed by atoms with Crippen LogP contribution in [0.3, 0.4) is 0 Å². The van der Waals surface area contributed by atoms with Gasteiger partial charge in [-0.3, -0.25) is 4.79 Å². The predicted octanol–water partition coefficient (Wildman–Crippen LogP) is 1.58. The number of hydrogen-bond donors (Lipinski definition) is 2. The zero-order valence-electron chi connectivity index (χ0n) is 9.59. The molecule has 0 aliphatic rings. The monoisotopic (exact) mass is 235 g/mol. The number of nitrogens with zero attached hydrogens (tertiary/aromatic N) is 1. The Morgan fingerprint density at radius 1 is 1.53 bits per heavy atom. The maximum Gasteiger partial charge on any atom is 0.239 e. The minimum absolute atomic E-state index is 0.109. The van der Waals surface area contributed by atoms with Crippen LogP contribution in [0.4, 0.5) is 10.1 Å². The first kappa shape index (κ1) is 13.0. The van der Waals surface area contributed by atoms with E-state index in [0.717, 1.165) is 11.3 Å². The van der Waals surface area contributed by atoms with Gasteiger partial charge in [-0.25, -0.2) is 4.39 Å². The van der Waals surface area contributed by atoms with Gasteiger partial charge in [0.25, 0.3) is 0 Å². The van der Waals surface area contributed by atoms with Crippen LogP contribution in [0.5, 0.6) is 0 Å². The molecule has 0 atom stereocenters. The summed E-state index contributed by atoms with van der Waals surface area (Å²) in [4.78, 5) is 11.3. The number of anilines is 1. The molecule has 90 valence electrons. The van der Waals surface area contributed by atoms with Gasteiger partial charge in [0.05, 0.1) is 19.0 Å². The molecule has 0 bridgehead atoms. The number of nitriles is 1. The van der Waals surface area contributed by atoms with Crippen molar-refractivity contribution in [2.45, 2.75) is 13.3 Å². The Bertz CT molecular complexity index is 440. The smallest absolute Gasteiger partial charge is 0.239 e. The first-order valence-corrected chi connectivity index (χ1v) is 5.27. The standard InChI is InChI=1S/C12H14FN3O/c1-9-7-10(13)3-4-11(9)16-8-12(17)15-6-2-5-14/h3-4,7,16H,2,6,8H2,1H3,(H,15,17). The van der Waals surface area contributed by atoms with E-state index >= 15 is 0 Å². The lowest BCUT2D eigenvalue weighted by atomic mass is 10.2. The summed E-state index contributed by atoms with van der Waals surface area (Å²) in [7, 11) is 0. The van der Waals surface area contributed by atoms with Crippen LogP contribution in [0, 0.1) is 24.1 Å². The van der Waals surface area contributed by atoms with Crippen LogP contribution >= 0.6 is 0 Å². The minimum atomic E-state index is -0.300. The molecule has 5 heteroatoms. The third-order valence-corrected chi connectivity index (χ3v) is 2.19. The maximum absolute atomic E-state index is 12.8. The van der Waals surface area contributed by atoms with Crippen LogP contribution < -0.4 is 10.6 Å². The minimum Gasteiger partial charge on any atom is -0.376 e. The summed E-state index contributed by atoms with van der Waals surface area (Å²) < 4.78 is 12.8. The van der Waals surface area contributed by atoms with E-state index < -0.39 is 0 Å². The van der Waals surface area contributed by atoms with Crippen LogP contribution in [0.25, 0.3) is 0 Å². The number of halogens is 1. The number of nitrogens with one attached hydrogen (secondary N) is 2. The normalized spacial score (nSPS) is 9.47. The van der Waals surface area contributed by atoms with Crippen LogP contribution in [0.2, 0.25) is 0 Å². The average Bonchev–Trinajstić information content (AvgIpc) is 2.28. The van der Waals surface area contributed by atoms with Gasteiger partial charge in [-0.15, -0.1) is 0 Å². The van der Waals surface area contributed by atoms with Crippen LogP contribution in [0.15, 0.2) is 18.2 Å². The van der Waals surface area contributed by atoms with Crippen molar-refractivity contribution in [1.29, 1.82) is 5.26 Å². The fourth-order valence-electron chi connectivity index (χ4n) is 1.32. The number of carbonyl (C=O) groups excluding carboxylic acids is 1. The van der Waals surface area contributed by atoms with E-state index in [0.29, 0.717) is 13.0 Å². The van der Waals surface area contributed by atoms with E-state index in [1.807, 2.05) is 6.07 Å². The van der Waals surface area contributed by atoms with Gasteiger partial charge in [0, 0.05) is 12.2 Å². The highest BCUT2D eigenvalue weighted by Gasteiger charge is 2.03. The zero-order chi connectivity index (χ0) is 12.7. The Balaban J connectivity index is 2.40. The Labute approximate surface area is 99.4 Å². The second-order valence-corrected chi connectivity index (χ2v) is 3.57. The SMILES string of the molecule is Cc1cc(F)ccc1NCC(=O)NCCC#N. The molecule has 1 amide bonds. The Morgan fingerprint density at radius 3 is 2.94 bits per heavy atom. The lowest BCUT2D eigenvalue weighted by Crippen LogP contribution is -2.30. The summed E-state index contributed by atoms with van der Waals surface area (Å²) >= 11 is 0. The van der Waals surface area contributed by atoms with Gasteiger partial charge < -0.3 is 10.6 Å². The number of amides is 1. The fraction of sp³-hybridized carbons (Fsp3) is 0.333. The summed E-state index contributed by atoms with van der Waals surface area (Å²) in [5, 5.41) is 13.8. The number of hydrogen-bond acceptors (Lipinski definition) is 3. The Morgan fingerprint density at radius 2 is 2.29 bits per heavy atom. The highest BCUT2D eigenvalue weighted by molar-refractivity contribution is 5.80. The van der Waals surface area contributed by atoms with Crippen molar-refractivity contribution in [3.8, 4) is 6.07 Å². The second-order valence-electron chi connectivity index (χ2n) is 3.57. The van der Waals surface area contributed by atoms with Crippen LogP contribution in [-0.4, -0.2) is 19.0 Å². The molecule has 0 heterocycles. The van der Waals surface area contributed by atoms with Crippen molar-refractivity contribution in [3.63, 3.8) is 0 Å². The molecule has 1 aromatic carbocycles. The van der Waals surface area contributed by atoms with Crippen molar-refractivity contribution in [3.05, 3.63) is 29.6 Å². The number of rotatable bonds is 5. The first-order valence-electron chi connectivity index (χ1n) is 5.27. The summed E-state index contributed by atoms with van der Waals surface area (Å²) in [6, 6.07) is 6.26. The molecule has 4 nitrogen and oxygen atoms in total. The molecule has 17 heavy (non-hydrogen) atoms. The summed E-state index contributed by atoms with van der Waals surface area (Å²) in [5.74, 6) is -0.490. The van der Waals surface area contributed by atoms with E-state index in [9.17, 15) is 9.18 Å². The molecular formula is C12H14FN3O. The third kappa shape index (κ3) is 4.51. The van der Waals surface area contributed by atoms with Crippen molar-refractivity contribution in [2.24, 2.45) is 0 Å². The van der Waals surface area contributed by atoms with Gasteiger partial charge in [0.15, 0.2) is 0 Å². The fourth-order valence-corrected chi connectivity index (χ4v) is 1.32. The van der Waals surface area contributed by atoms with Crippen LogP contribution in [-0.2, 0) is 4.79 Å². The largest absolute Gasteiger partial charge is 0.376 e. The molecule has 0 unspecified atom stereocenters. The Hall–Kier alpha value is -2.09. The van der Waals surface area contributed by atoms with Crippen LogP contribution in [0.1, 0.15) is 12.0 Å². The topological polar surface area (TPSA) is 64.9 Å². The van der Waals surface area contributed by atoms with Gasteiger partial charge in [0.2, 0.25) is 5.91 Å². The molecule has 0 aliphatic heterocycles. The quantitative estimate of drug-likeness (QED) is 0.761. The number of benzene rings is 1. The molecule has 2 N–H and O–H groups in total. The van der Waals surface area contributed by atoms with Gasteiger partial charge in [-0.05, 0) is 30.7 Å². The number of aryl methyl sites for hydroxylation is 1. The molecule has 0 radical (unpaired) electrons. The van der Waals surface area contributed by atoms with Gasteiger partial charge in [-0.1, -0.05) is 0 Å². The van der Waals surface area contributed by atoms with Gasteiger partial charge in [-0.2, -0.15) is 5.26 Å². The summed E-state index contributed by atoms with van der Waals surface area (Å²) in [6.07, 6.45) is 0.293. The molecule has 0 fully saturated rings. The summed E-state index contributed by atoms with van der Waals surface area (Å²) in [5.41, 5.74) is 1.47. The van der Waals surface area contributed by atoms with E-state index in [1.165, 1.54) is 12.1 Å². The maximum atomic E-state index is 12.8. The van der Waals surface area contributed by atoms with E-state index in [1.54, 1.807) is 13.0 Å². The van der Waals surface area contributed by atoms with E-state index in [2.05, 4.69) is 10.6 Å². The highest BCUT2D eigenvalue weighted by Crippen LogP contribution is 2.14. The van der Waals surface area contributed by atoms with Crippen molar-refractivity contribution < 1.29 is 9.18 Å². The average molecular weight is 235 g/mol. The lowest BCUT2D eigenvalue weighted by molar-refractivity contribution is -0.119. The third-order valence-electron chi connectivity index (χ3n) is 2.19. The van der Waals surface area contributed by atoms with Crippen molar-refractivity contribution in [1.82, 2.24) is 5.32 Å². The lowest BCUT2D eigenvalue weighted by Gasteiger charge is -2.09. The highest BCUT2D eigenvalue weighted by atomic mass is 19.1. The predicted molar refractivity (Wildman–Crippen MR) is 62.9 cm³/mol. The number of carbonyl (C=O) groups is 1. The molecule has 1 aromatic rings. The van der Waals surface area contributed by atoms with E-state index in [4.69, 9.17) is 5.26 Å². The van der Waals surface area contributed by atoms with Crippen molar-refractivity contribution in [2.75, 3.05) is 18.4 Å². The van der Waals surface area contributed by atoms with Crippen molar-refractivity contribution >= 4 is 11.6 Å². The molecular weight excluding hydrogens is 221 g/mol. The zero-order valence-corrected chi connectivity index (χ0v) is 9.59. The molecule has 0 spiro atoms. The summed E-state index contributed by atoms with van der Waals surface area (Å²) in [6.45, 7) is 2.22. The second kappa shape index (κ2) is 6.48. The molecule has 0 aromatic heterocycles. The van der Waals surface area contributed by atoms with Gasteiger partial charge in [0.1, 0.15) is 5.82 Å². The molecule has 0 saturated carbocycles. The molecule has 0 aliphatic carbocycles. The first-order chi connectivity index (χ1) is 8.13. The molecule has 1 rings (SSSR count). The Kier molecular flexibility index (Phi) is 4.95.